The van der Waals surface area contributed by atoms with Crippen LogP contribution >= 0.6 is 0 Å². The SMILES string of the molecule is [CH2]CC(CCCCCC)CCCCCCCCCCCCCCC. The normalized spacial score (nSPS) is 12.6. The first kappa shape index (κ1) is 24.0. The molecule has 0 amide bonds. The van der Waals surface area contributed by atoms with Crippen LogP contribution in [0.5, 0.6) is 0 Å². The summed E-state index contributed by atoms with van der Waals surface area (Å²) in [7, 11) is 0. The lowest BCUT2D eigenvalue weighted by Crippen LogP contribution is -1.99. The van der Waals surface area contributed by atoms with Crippen molar-refractivity contribution in [3.8, 4) is 0 Å². The number of rotatable bonds is 20. The molecule has 24 heavy (non-hydrogen) atoms. The Morgan fingerprint density at radius 1 is 0.458 bits per heavy atom. The molecule has 0 rings (SSSR count). The summed E-state index contributed by atoms with van der Waals surface area (Å²) < 4.78 is 0. The summed E-state index contributed by atoms with van der Waals surface area (Å²) in [6.07, 6.45) is 28.7. The highest BCUT2D eigenvalue weighted by atomic mass is 14.1. The van der Waals surface area contributed by atoms with E-state index in [0.29, 0.717) is 0 Å². The van der Waals surface area contributed by atoms with Crippen LogP contribution in [0.4, 0.5) is 0 Å². The predicted molar refractivity (Wildman–Crippen MR) is 113 cm³/mol. The van der Waals surface area contributed by atoms with Crippen molar-refractivity contribution in [2.75, 3.05) is 0 Å². The van der Waals surface area contributed by atoms with Crippen molar-refractivity contribution in [3.05, 3.63) is 6.92 Å². The standard InChI is InChI=1S/C24H49/c1-4-7-9-11-12-13-14-15-16-17-18-19-21-23-24(6-3)22-20-10-8-5-2/h24H,3-23H2,1-2H3. The Balaban J connectivity index is 3.20. The zero-order valence-electron chi connectivity index (χ0n) is 17.4. The van der Waals surface area contributed by atoms with Crippen molar-refractivity contribution < 1.29 is 0 Å². The second kappa shape index (κ2) is 21.0. The predicted octanol–water partition coefficient (Wildman–Crippen LogP) is 9.28. The zero-order chi connectivity index (χ0) is 17.7. The molecule has 1 unspecified atom stereocenters. The molecule has 0 bridgehead atoms. The van der Waals surface area contributed by atoms with Gasteiger partial charge >= 0.3 is 0 Å². The van der Waals surface area contributed by atoms with Gasteiger partial charge in [-0.05, 0) is 5.92 Å². The van der Waals surface area contributed by atoms with Crippen LogP contribution in [0.2, 0.25) is 0 Å². The van der Waals surface area contributed by atoms with Gasteiger partial charge in [-0.3, -0.25) is 0 Å². The van der Waals surface area contributed by atoms with Gasteiger partial charge in [0.2, 0.25) is 0 Å². The third kappa shape index (κ3) is 18.3. The monoisotopic (exact) mass is 337 g/mol. The Morgan fingerprint density at radius 3 is 1.08 bits per heavy atom. The van der Waals surface area contributed by atoms with Crippen LogP contribution < -0.4 is 0 Å². The molecule has 0 N–H and O–H groups in total. The molecule has 0 aliphatic carbocycles. The maximum absolute atomic E-state index is 4.17. The first-order chi connectivity index (χ1) is 11.8. The van der Waals surface area contributed by atoms with Crippen LogP contribution in [0.15, 0.2) is 0 Å². The summed E-state index contributed by atoms with van der Waals surface area (Å²) in [6, 6.07) is 0. The molecule has 0 fully saturated rings. The topological polar surface area (TPSA) is 0 Å². The first-order valence-electron chi connectivity index (χ1n) is 11.6. The minimum atomic E-state index is 0.912. The Kier molecular flexibility index (Phi) is 21.0. The highest BCUT2D eigenvalue weighted by Crippen LogP contribution is 2.21. The second-order valence-corrected chi connectivity index (χ2v) is 8.04. The minimum Gasteiger partial charge on any atom is -0.0654 e. The molecule has 0 aliphatic rings. The summed E-state index contributed by atoms with van der Waals surface area (Å²) in [5.74, 6) is 0.912. The summed E-state index contributed by atoms with van der Waals surface area (Å²) in [6.45, 7) is 8.76. The van der Waals surface area contributed by atoms with Crippen molar-refractivity contribution in [1.82, 2.24) is 0 Å². The molecular weight excluding hydrogens is 288 g/mol. The van der Waals surface area contributed by atoms with Crippen LogP contribution in [0, 0.1) is 12.8 Å². The van der Waals surface area contributed by atoms with Crippen molar-refractivity contribution in [2.24, 2.45) is 5.92 Å². The fraction of sp³-hybridized carbons (Fsp3) is 0.958. The molecule has 0 nitrogen and oxygen atoms in total. The van der Waals surface area contributed by atoms with Gasteiger partial charge in [0.15, 0.2) is 0 Å². The lowest BCUT2D eigenvalue weighted by molar-refractivity contribution is 0.406. The van der Waals surface area contributed by atoms with E-state index in [4.69, 9.17) is 0 Å². The smallest absolute Gasteiger partial charge is 0.0414 e. The highest BCUT2D eigenvalue weighted by Gasteiger charge is 2.05. The lowest BCUT2D eigenvalue weighted by atomic mass is 9.92. The van der Waals surface area contributed by atoms with Gasteiger partial charge in [-0.15, -0.1) is 0 Å². The van der Waals surface area contributed by atoms with Crippen molar-refractivity contribution in [2.45, 2.75) is 142 Å². The maximum atomic E-state index is 4.17. The van der Waals surface area contributed by atoms with E-state index >= 15 is 0 Å². The van der Waals surface area contributed by atoms with Gasteiger partial charge in [0.1, 0.15) is 0 Å². The van der Waals surface area contributed by atoms with Gasteiger partial charge in [0, 0.05) is 0 Å². The third-order valence-corrected chi connectivity index (χ3v) is 5.59. The molecule has 0 spiro atoms. The molecule has 0 aliphatic heterocycles. The van der Waals surface area contributed by atoms with Gasteiger partial charge in [0.05, 0.1) is 0 Å². The van der Waals surface area contributed by atoms with E-state index in [1.165, 1.54) is 122 Å². The van der Waals surface area contributed by atoms with E-state index in [9.17, 15) is 0 Å². The highest BCUT2D eigenvalue weighted by molar-refractivity contribution is 4.62. The Bertz CT molecular complexity index is 208. The van der Waals surface area contributed by atoms with Crippen LogP contribution in [0.1, 0.15) is 142 Å². The van der Waals surface area contributed by atoms with Gasteiger partial charge in [-0.1, -0.05) is 149 Å². The van der Waals surface area contributed by atoms with Gasteiger partial charge in [-0.25, -0.2) is 0 Å². The molecule has 0 aromatic rings. The van der Waals surface area contributed by atoms with Gasteiger partial charge in [0.25, 0.3) is 0 Å². The van der Waals surface area contributed by atoms with Crippen LogP contribution in [0.3, 0.4) is 0 Å². The minimum absolute atomic E-state index is 0.912. The number of unbranched alkanes of at least 4 members (excludes halogenated alkanes) is 15. The van der Waals surface area contributed by atoms with E-state index < -0.39 is 0 Å². The fourth-order valence-corrected chi connectivity index (χ4v) is 3.74. The maximum Gasteiger partial charge on any atom is -0.0414 e. The average molecular weight is 338 g/mol. The second-order valence-electron chi connectivity index (χ2n) is 8.04. The van der Waals surface area contributed by atoms with Crippen molar-refractivity contribution >= 4 is 0 Å². The third-order valence-electron chi connectivity index (χ3n) is 5.59. The van der Waals surface area contributed by atoms with Crippen molar-refractivity contribution in [3.63, 3.8) is 0 Å². The number of hydrogen-bond donors (Lipinski definition) is 0. The van der Waals surface area contributed by atoms with Crippen LogP contribution in [-0.2, 0) is 0 Å². The van der Waals surface area contributed by atoms with E-state index in [-0.39, 0.29) is 0 Å². The first-order valence-corrected chi connectivity index (χ1v) is 11.6. The fourth-order valence-electron chi connectivity index (χ4n) is 3.74. The Labute approximate surface area is 155 Å². The molecule has 0 aromatic carbocycles. The number of hydrogen-bond acceptors (Lipinski definition) is 0. The van der Waals surface area contributed by atoms with E-state index in [0.717, 1.165) is 12.3 Å². The quantitative estimate of drug-likeness (QED) is 0.194. The summed E-state index contributed by atoms with van der Waals surface area (Å²) in [5.41, 5.74) is 0. The molecular formula is C24H49. The van der Waals surface area contributed by atoms with E-state index in [1.807, 2.05) is 0 Å². The van der Waals surface area contributed by atoms with Gasteiger partial charge < -0.3 is 0 Å². The van der Waals surface area contributed by atoms with Gasteiger partial charge in [-0.2, -0.15) is 0 Å². The van der Waals surface area contributed by atoms with E-state index in [2.05, 4.69) is 20.8 Å². The largest absolute Gasteiger partial charge is 0.0654 e. The van der Waals surface area contributed by atoms with Crippen LogP contribution in [-0.4, -0.2) is 0 Å². The molecule has 145 valence electrons. The Morgan fingerprint density at radius 2 is 0.750 bits per heavy atom. The molecule has 0 aromatic heterocycles. The molecule has 0 saturated carbocycles. The zero-order valence-corrected chi connectivity index (χ0v) is 17.4. The summed E-state index contributed by atoms with van der Waals surface area (Å²) in [4.78, 5) is 0. The molecule has 0 saturated heterocycles. The average Bonchev–Trinajstić information content (AvgIpc) is 2.60. The molecule has 1 radical (unpaired) electrons. The van der Waals surface area contributed by atoms with Crippen LogP contribution in [0.25, 0.3) is 0 Å². The Hall–Kier alpha value is 0. The summed E-state index contributed by atoms with van der Waals surface area (Å²) >= 11 is 0. The van der Waals surface area contributed by atoms with E-state index in [1.54, 1.807) is 0 Å². The molecule has 0 heteroatoms. The summed E-state index contributed by atoms with van der Waals surface area (Å²) in [5, 5.41) is 0. The lowest BCUT2D eigenvalue weighted by Gasteiger charge is -2.14. The molecule has 0 heterocycles. The molecule has 1 atom stereocenters. The van der Waals surface area contributed by atoms with Crippen molar-refractivity contribution in [1.29, 1.82) is 0 Å².